The van der Waals surface area contributed by atoms with E-state index in [1.54, 1.807) is 16.8 Å². The number of amides is 1. The summed E-state index contributed by atoms with van der Waals surface area (Å²) in [5.74, 6) is -1.31. The number of rotatable bonds is 6. The molecule has 0 unspecified atom stereocenters. The molecule has 0 spiro atoms. The Kier molecular flexibility index (Phi) is 6.08. The summed E-state index contributed by atoms with van der Waals surface area (Å²) in [5.41, 5.74) is 2.63. The van der Waals surface area contributed by atoms with Crippen molar-refractivity contribution in [3.63, 3.8) is 0 Å². The van der Waals surface area contributed by atoms with E-state index in [9.17, 15) is 14.0 Å². The minimum absolute atomic E-state index is 0.388. The molecule has 32 heavy (non-hydrogen) atoms. The predicted molar refractivity (Wildman–Crippen MR) is 119 cm³/mol. The minimum atomic E-state index is -0.896. The number of aromatic nitrogens is 2. The van der Waals surface area contributed by atoms with E-state index in [1.807, 2.05) is 44.2 Å². The lowest BCUT2D eigenvalue weighted by atomic mass is 9.79. The lowest BCUT2D eigenvalue weighted by Gasteiger charge is -2.27. The van der Waals surface area contributed by atoms with Crippen LogP contribution in [0.15, 0.2) is 54.6 Å². The lowest BCUT2D eigenvalue weighted by Crippen LogP contribution is -2.36. The average Bonchev–Trinajstić information content (AvgIpc) is 3.40. The van der Waals surface area contributed by atoms with E-state index in [2.05, 4.69) is 10.4 Å². The third kappa shape index (κ3) is 4.15. The van der Waals surface area contributed by atoms with Crippen LogP contribution in [0.1, 0.15) is 42.6 Å². The molecule has 2 aromatic carbocycles. The Bertz CT molecular complexity index is 1130. The summed E-state index contributed by atoms with van der Waals surface area (Å²) in [6.07, 6.45) is 2.88. The van der Waals surface area contributed by atoms with Gasteiger partial charge in [-0.05, 0) is 56.5 Å². The molecular formula is C25H26FN3O3. The molecule has 0 radical (unpaired) electrons. The van der Waals surface area contributed by atoms with E-state index in [4.69, 9.17) is 4.74 Å². The molecule has 4 rings (SSSR count). The number of carbonyl (C=O) groups excluding carboxylic acids is 2. The summed E-state index contributed by atoms with van der Waals surface area (Å²) in [7, 11) is 0. The Labute approximate surface area is 186 Å². The molecule has 6 nitrogen and oxygen atoms in total. The highest BCUT2D eigenvalue weighted by Gasteiger charge is 2.44. The quantitative estimate of drug-likeness (QED) is 0.574. The molecule has 1 fully saturated rings. The Balaban J connectivity index is 1.45. The van der Waals surface area contributed by atoms with Crippen molar-refractivity contribution in [2.45, 2.75) is 44.9 Å². The maximum absolute atomic E-state index is 13.8. The smallest absolute Gasteiger partial charge is 0.317 e. The van der Waals surface area contributed by atoms with E-state index >= 15 is 0 Å². The summed E-state index contributed by atoms with van der Waals surface area (Å²) in [6.45, 7) is 3.27. The fourth-order valence-corrected chi connectivity index (χ4v) is 4.46. The number of nitrogens with zero attached hydrogens (tertiary/aromatic N) is 2. The Morgan fingerprint density at radius 3 is 2.50 bits per heavy atom. The number of aryl methyl sites for hydroxylation is 1. The molecule has 1 aromatic heterocycles. The van der Waals surface area contributed by atoms with Crippen molar-refractivity contribution < 1.29 is 18.7 Å². The van der Waals surface area contributed by atoms with Crippen LogP contribution in [0.2, 0.25) is 0 Å². The molecule has 1 N–H and O–H groups in total. The highest BCUT2D eigenvalue weighted by Crippen LogP contribution is 2.42. The van der Waals surface area contributed by atoms with Gasteiger partial charge < -0.3 is 10.1 Å². The summed E-state index contributed by atoms with van der Waals surface area (Å²) >= 11 is 0. The molecule has 0 atom stereocenters. The van der Waals surface area contributed by atoms with Gasteiger partial charge in [-0.1, -0.05) is 43.2 Å². The van der Waals surface area contributed by atoms with Gasteiger partial charge in [-0.3, -0.25) is 9.59 Å². The third-order valence-electron chi connectivity index (χ3n) is 6.12. The summed E-state index contributed by atoms with van der Waals surface area (Å²) in [4.78, 5) is 25.6. The lowest BCUT2D eigenvalue weighted by molar-refractivity contribution is -0.153. The van der Waals surface area contributed by atoms with Crippen LogP contribution in [0.4, 0.5) is 10.1 Å². The molecule has 0 bridgehead atoms. The second kappa shape index (κ2) is 8.94. The number of hydrogen-bond donors (Lipinski definition) is 1. The SMILES string of the molecule is Cc1nn(-c2ccccc2)c(C)c1NC(=O)COC(=O)C1(c2cccc(F)c2)CCCC1. The maximum atomic E-state index is 13.8. The monoisotopic (exact) mass is 435 g/mol. The van der Waals surface area contributed by atoms with Gasteiger partial charge in [0.15, 0.2) is 6.61 Å². The first-order chi connectivity index (χ1) is 15.4. The van der Waals surface area contributed by atoms with Crippen molar-refractivity contribution in [2.75, 3.05) is 11.9 Å². The number of benzene rings is 2. The number of carbonyl (C=O) groups is 2. The predicted octanol–water partition coefficient (Wildman–Crippen LogP) is 4.62. The van der Waals surface area contributed by atoms with Gasteiger partial charge in [0.05, 0.1) is 28.2 Å². The molecule has 1 heterocycles. The van der Waals surface area contributed by atoms with Crippen LogP contribution < -0.4 is 5.32 Å². The van der Waals surface area contributed by atoms with E-state index in [1.165, 1.54) is 12.1 Å². The minimum Gasteiger partial charge on any atom is -0.455 e. The average molecular weight is 435 g/mol. The van der Waals surface area contributed by atoms with E-state index in [0.29, 0.717) is 29.8 Å². The normalized spacial score (nSPS) is 14.8. The molecule has 1 amide bonds. The van der Waals surface area contributed by atoms with Crippen LogP contribution in [0, 0.1) is 19.7 Å². The number of esters is 1. The van der Waals surface area contributed by atoms with Crippen molar-refractivity contribution in [1.29, 1.82) is 0 Å². The van der Waals surface area contributed by atoms with Gasteiger partial charge in [-0.25, -0.2) is 9.07 Å². The van der Waals surface area contributed by atoms with Gasteiger partial charge in [0.1, 0.15) is 5.82 Å². The van der Waals surface area contributed by atoms with Crippen molar-refractivity contribution in [2.24, 2.45) is 0 Å². The molecule has 0 saturated heterocycles. The van der Waals surface area contributed by atoms with Crippen LogP contribution in [0.5, 0.6) is 0 Å². The molecule has 0 aliphatic heterocycles. The number of nitrogens with one attached hydrogen (secondary N) is 1. The van der Waals surface area contributed by atoms with Gasteiger partial charge in [0.2, 0.25) is 0 Å². The fraction of sp³-hybridized carbons (Fsp3) is 0.320. The van der Waals surface area contributed by atoms with Crippen LogP contribution in [0.25, 0.3) is 5.69 Å². The number of halogens is 1. The van der Waals surface area contributed by atoms with Crippen molar-refractivity contribution in [1.82, 2.24) is 9.78 Å². The molecular weight excluding hydrogens is 409 g/mol. The summed E-state index contributed by atoms with van der Waals surface area (Å²) in [5, 5.41) is 7.33. The topological polar surface area (TPSA) is 73.2 Å². The number of anilines is 1. The van der Waals surface area contributed by atoms with Crippen LogP contribution in [-0.2, 0) is 19.7 Å². The third-order valence-corrected chi connectivity index (χ3v) is 6.12. The molecule has 3 aromatic rings. The van der Waals surface area contributed by atoms with Gasteiger partial charge in [0, 0.05) is 0 Å². The van der Waals surface area contributed by atoms with Gasteiger partial charge in [0.25, 0.3) is 5.91 Å². The molecule has 1 aliphatic carbocycles. The molecule has 1 saturated carbocycles. The van der Waals surface area contributed by atoms with Crippen molar-refractivity contribution in [3.05, 3.63) is 77.4 Å². The zero-order chi connectivity index (χ0) is 22.7. The van der Waals surface area contributed by atoms with E-state index in [-0.39, 0.29) is 5.82 Å². The summed E-state index contributed by atoms with van der Waals surface area (Å²) in [6, 6.07) is 15.7. The Hall–Kier alpha value is -3.48. The highest BCUT2D eigenvalue weighted by molar-refractivity contribution is 5.95. The van der Waals surface area contributed by atoms with Crippen LogP contribution in [0.3, 0.4) is 0 Å². The second-order valence-corrected chi connectivity index (χ2v) is 8.22. The first-order valence-corrected chi connectivity index (χ1v) is 10.8. The second-order valence-electron chi connectivity index (χ2n) is 8.22. The Morgan fingerprint density at radius 1 is 1.09 bits per heavy atom. The van der Waals surface area contributed by atoms with Crippen molar-refractivity contribution in [3.8, 4) is 5.69 Å². The van der Waals surface area contributed by atoms with Crippen molar-refractivity contribution >= 4 is 17.6 Å². The first-order valence-electron chi connectivity index (χ1n) is 10.8. The standard InChI is InChI=1S/C25H26FN3O3/c1-17-23(18(2)29(28-17)21-11-4-3-5-12-21)27-22(30)16-32-24(31)25(13-6-7-14-25)19-9-8-10-20(26)15-19/h3-5,8-12,15H,6-7,13-14,16H2,1-2H3,(H,27,30). The first kappa shape index (κ1) is 21.7. The van der Waals surface area contributed by atoms with E-state index < -0.39 is 23.9 Å². The zero-order valence-corrected chi connectivity index (χ0v) is 18.2. The molecule has 7 heteroatoms. The van der Waals surface area contributed by atoms with E-state index in [0.717, 1.165) is 24.2 Å². The molecule has 166 valence electrons. The molecule has 1 aliphatic rings. The van der Waals surface area contributed by atoms with Gasteiger partial charge in [-0.15, -0.1) is 0 Å². The maximum Gasteiger partial charge on any atom is 0.317 e. The number of ether oxygens (including phenoxy) is 1. The number of para-hydroxylation sites is 1. The van der Waals surface area contributed by atoms with Crippen LogP contribution in [-0.4, -0.2) is 28.3 Å². The number of hydrogen-bond acceptors (Lipinski definition) is 4. The highest BCUT2D eigenvalue weighted by atomic mass is 19.1. The summed E-state index contributed by atoms with van der Waals surface area (Å²) < 4.78 is 21.0. The zero-order valence-electron chi connectivity index (χ0n) is 18.2. The van der Waals surface area contributed by atoms with Crippen LogP contribution >= 0.6 is 0 Å². The fourth-order valence-electron chi connectivity index (χ4n) is 4.46. The van der Waals surface area contributed by atoms with Gasteiger partial charge in [-0.2, -0.15) is 5.10 Å². The van der Waals surface area contributed by atoms with Gasteiger partial charge >= 0.3 is 5.97 Å². The Morgan fingerprint density at radius 2 is 1.81 bits per heavy atom. The largest absolute Gasteiger partial charge is 0.455 e.